The highest BCUT2D eigenvalue weighted by molar-refractivity contribution is 5.56. The first kappa shape index (κ1) is 16.0. The van der Waals surface area contributed by atoms with Gasteiger partial charge in [-0.05, 0) is 50.8 Å². The van der Waals surface area contributed by atoms with Crippen LogP contribution in [0.1, 0.15) is 37.1 Å². The predicted molar refractivity (Wildman–Crippen MR) is 86.3 cm³/mol. The zero-order valence-corrected chi connectivity index (χ0v) is 13.6. The minimum atomic E-state index is -0.237. The number of hydrogen-bond donors (Lipinski definition) is 1. The van der Waals surface area contributed by atoms with E-state index in [0.29, 0.717) is 18.9 Å². The Morgan fingerprint density at radius 2 is 2.22 bits per heavy atom. The molecule has 1 saturated carbocycles. The molecule has 1 N–H and O–H groups in total. The maximum absolute atomic E-state index is 9.71. The number of methoxy groups -OCH3 is 1. The molecule has 1 heterocycles. The Bertz CT molecular complexity index is 652. The van der Waals surface area contributed by atoms with E-state index < -0.39 is 0 Å². The first-order chi connectivity index (χ1) is 11.2. The molecule has 0 unspecified atom stereocenters. The first-order valence-electron chi connectivity index (χ1n) is 8.06. The summed E-state index contributed by atoms with van der Waals surface area (Å²) in [5.74, 6) is 2.11. The summed E-state index contributed by atoms with van der Waals surface area (Å²) in [5.41, 5.74) is 1.69. The van der Waals surface area contributed by atoms with Crippen molar-refractivity contribution in [2.24, 2.45) is 0 Å². The maximum Gasteiger partial charge on any atom is 0.226 e. The van der Waals surface area contributed by atoms with Gasteiger partial charge in [0, 0.05) is 5.56 Å². The lowest BCUT2D eigenvalue weighted by molar-refractivity contribution is -0.0240. The van der Waals surface area contributed by atoms with Crippen molar-refractivity contribution in [2.75, 3.05) is 7.11 Å². The lowest BCUT2D eigenvalue weighted by atomic mass is 9.95. The van der Waals surface area contributed by atoms with Crippen molar-refractivity contribution in [3.63, 3.8) is 0 Å². The van der Waals surface area contributed by atoms with Gasteiger partial charge >= 0.3 is 0 Å². The second kappa shape index (κ2) is 7.15. The van der Waals surface area contributed by atoms with Gasteiger partial charge in [-0.3, -0.25) is 0 Å². The van der Waals surface area contributed by atoms with Crippen molar-refractivity contribution in [2.45, 2.75) is 51.4 Å². The van der Waals surface area contributed by atoms with E-state index >= 15 is 0 Å². The van der Waals surface area contributed by atoms with Crippen molar-refractivity contribution < 1.29 is 19.0 Å². The summed E-state index contributed by atoms with van der Waals surface area (Å²) in [6, 6.07) is 7.63. The molecule has 1 fully saturated rings. The third-order valence-electron chi connectivity index (χ3n) is 4.26. The Labute approximate surface area is 136 Å². The topological polar surface area (TPSA) is 64.7 Å². The summed E-state index contributed by atoms with van der Waals surface area (Å²) in [7, 11) is 1.64. The summed E-state index contributed by atoms with van der Waals surface area (Å²) in [6.45, 7) is 2.31. The van der Waals surface area contributed by atoms with Crippen molar-refractivity contribution in [3.8, 4) is 17.2 Å². The van der Waals surface area contributed by atoms with Gasteiger partial charge in [0.15, 0.2) is 0 Å². The Morgan fingerprint density at radius 3 is 3.00 bits per heavy atom. The van der Waals surface area contributed by atoms with Crippen LogP contribution in [0.15, 0.2) is 28.7 Å². The van der Waals surface area contributed by atoms with E-state index in [9.17, 15) is 5.11 Å². The van der Waals surface area contributed by atoms with E-state index in [2.05, 4.69) is 4.98 Å². The summed E-state index contributed by atoms with van der Waals surface area (Å²) in [5, 5.41) is 9.71. The summed E-state index contributed by atoms with van der Waals surface area (Å²) in [6.07, 6.45) is 3.47. The highest BCUT2D eigenvalue weighted by Crippen LogP contribution is 2.27. The molecule has 0 bridgehead atoms. The molecular formula is C18H23NO4. The van der Waals surface area contributed by atoms with E-state index in [-0.39, 0.29) is 12.2 Å². The number of rotatable bonds is 5. The number of ether oxygens (including phenoxy) is 2. The largest absolute Gasteiger partial charge is 0.497 e. The molecule has 0 saturated heterocycles. The molecule has 0 aliphatic heterocycles. The second-order valence-electron chi connectivity index (χ2n) is 6.01. The first-order valence-corrected chi connectivity index (χ1v) is 8.06. The van der Waals surface area contributed by atoms with Gasteiger partial charge in [-0.25, -0.2) is 4.98 Å². The summed E-state index contributed by atoms with van der Waals surface area (Å²) in [4.78, 5) is 4.55. The number of hydrogen-bond acceptors (Lipinski definition) is 5. The second-order valence-corrected chi connectivity index (χ2v) is 6.01. The van der Waals surface area contributed by atoms with Crippen LogP contribution >= 0.6 is 0 Å². The number of aryl methyl sites for hydroxylation is 1. The number of aliphatic hydroxyl groups excluding tert-OH is 1. The minimum Gasteiger partial charge on any atom is -0.497 e. The molecule has 3 rings (SSSR count). The molecule has 5 nitrogen and oxygen atoms in total. The van der Waals surface area contributed by atoms with Crippen LogP contribution < -0.4 is 4.74 Å². The SMILES string of the molecule is COc1cccc(-c2nc(CO[C@@H]3CCC[C@H](O)C3)c(C)o2)c1. The third kappa shape index (κ3) is 3.92. The van der Waals surface area contributed by atoms with Crippen LogP contribution in [0.2, 0.25) is 0 Å². The van der Waals surface area contributed by atoms with Crippen LogP contribution in [0.3, 0.4) is 0 Å². The summed E-state index contributed by atoms with van der Waals surface area (Å²) >= 11 is 0. The summed E-state index contributed by atoms with van der Waals surface area (Å²) < 4.78 is 16.9. The highest BCUT2D eigenvalue weighted by Gasteiger charge is 2.21. The van der Waals surface area contributed by atoms with Gasteiger partial charge in [0.25, 0.3) is 0 Å². The number of oxazole rings is 1. The van der Waals surface area contributed by atoms with Crippen LogP contribution in [0.4, 0.5) is 0 Å². The number of nitrogens with zero attached hydrogens (tertiary/aromatic N) is 1. The van der Waals surface area contributed by atoms with Crippen LogP contribution in [0.5, 0.6) is 5.75 Å². The van der Waals surface area contributed by atoms with E-state index in [1.807, 2.05) is 31.2 Å². The molecule has 0 spiro atoms. The standard InChI is InChI=1S/C18H23NO4/c1-12-17(11-22-16-8-4-6-14(20)10-16)19-18(23-12)13-5-3-7-15(9-13)21-2/h3,5,7,9,14,16,20H,4,6,8,10-11H2,1-2H3/t14-,16+/m0/s1. The van der Waals surface area contributed by atoms with E-state index in [4.69, 9.17) is 13.9 Å². The van der Waals surface area contributed by atoms with E-state index in [1.54, 1.807) is 7.11 Å². The predicted octanol–water partition coefficient (Wildman–Crippen LogP) is 3.48. The Balaban J connectivity index is 1.68. The molecule has 2 atom stereocenters. The van der Waals surface area contributed by atoms with Crippen molar-refractivity contribution in [1.29, 1.82) is 0 Å². The van der Waals surface area contributed by atoms with E-state index in [0.717, 1.165) is 42.0 Å². The molecular weight excluding hydrogens is 294 g/mol. The zero-order chi connectivity index (χ0) is 16.2. The smallest absolute Gasteiger partial charge is 0.226 e. The van der Waals surface area contributed by atoms with Crippen LogP contribution in [0, 0.1) is 6.92 Å². The number of aromatic nitrogens is 1. The van der Waals surface area contributed by atoms with Gasteiger partial charge in [0.2, 0.25) is 5.89 Å². The Hall–Kier alpha value is -1.85. The van der Waals surface area contributed by atoms with Gasteiger partial charge in [-0.2, -0.15) is 0 Å². The molecule has 1 aromatic carbocycles. The quantitative estimate of drug-likeness (QED) is 0.914. The van der Waals surface area contributed by atoms with Crippen LogP contribution in [-0.2, 0) is 11.3 Å². The maximum atomic E-state index is 9.71. The minimum absolute atomic E-state index is 0.107. The fourth-order valence-electron chi connectivity index (χ4n) is 2.91. The Kier molecular flexibility index (Phi) is 4.98. The van der Waals surface area contributed by atoms with Crippen LogP contribution in [-0.4, -0.2) is 29.4 Å². The molecule has 1 aliphatic rings. The molecule has 2 aromatic rings. The van der Waals surface area contributed by atoms with Crippen molar-refractivity contribution >= 4 is 0 Å². The van der Waals surface area contributed by atoms with Crippen LogP contribution in [0.25, 0.3) is 11.5 Å². The molecule has 0 amide bonds. The average Bonchev–Trinajstić information content (AvgIpc) is 2.94. The zero-order valence-electron chi connectivity index (χ0n) is 13.6. The van der Waals surface area contributed by atoms with Gasteiger partial charge < -0.3 is 19.0 Å². The fraction of sp³-hybridized carbons (Fsp3) is 0.500. The Morgan fingerprint density at radius 1 is 1.35 bits per heavy atom. The molecule has 5 heteroatoms. The normalized spacial score (nSPS) is 21.3. The lowest BCUT2D eigenvalue weighted by Gasteiger charge is -2.25. The molecule has 0 radical (unpaired) electrons. The molecule has 124 valence electrons. The van der Waals surface area contributed by atoms with Gasteiger partial charge in [-0.1, -0.05) is 6.07 Å². The lowest BCUT2D eigenvalue weighted by Crippen LogP contribution is -2.25. The highest BCUT2D eigenvalue weighted by atomic mass is 16.5. The molecule has 1 aromatic heterocycles. The average molecular weight is 317 g/mol. The molecule has 23 heavy (non-hydrogen) atoms. The monoisotopic (exact) mass is 317 g/mol. The third-order valence-corrected chi connectivity index (χ3v) is 4.26. The number of benzene rings is 1. The van der Waals surface area contributed by atoms with Gasteiger partial charge in [0.1, 0.15) is 17.2 Å². The van der Waals surface area contributed by atoms with Gasteiger partial charge in [0.05, 0.1) is 25.9 Å². The molecule has 1 aliphatic carbocycles. The number of aliphatic hydroxyl groups is 1. The van der Waals surface area contributed by atoms with E-state index in [1.165, 1.54) is 0 Å². The van der Waals surface area contributed by atoms with Crippen molar-refractivity contribution in [1.82, 2.24) is 4.98 Å². The van der Waals surface area contributed by atoms with Crippen molar-refractivity contribution in [3.05, 3.63) is 35.7 Å². The fourth-order valence-corrected chi connectivity index (χ4v) is 2.91. The van der Waals surface area contributed by atoms with Gasteiger partial charge in [-0.15, -0.1) is 0 Å².